The molecule has 5 nitrogen and oxygen atoms in total. The molecule has 142 valence electrons. The number of Topliss-reactive ketones (excluding diaryl/α,β-unsaturated/α-hetero) is 1. The first kappa shape index (κ1) is 18.9. The van der Waals surface area contributed by atoms with Crippen molar-refractivity contribution >= 4 is 17.4 Å². The maximum Gasteiger partial charge on any atom is 0.234 e. The van der Waals surface area contributed by atoms with Crippen molar-refractivity contribution in [2.75, 3.05) is 37.6 Å². The Morgan fingerprint density at radius 3 is 2.31 bits per heavy atom. The Bertz CT molecular complexity index is 621. The summed E-state index contributed by atoms with van der Waals surface area (Å²) in [4.78, 5) is 28.3. The molecule has 2 unspecified atom stereocenters. The van der Waals surface area contributed by atoms with Crippen molar-refractivity contribution < 1.29 is 9.59 Å². The molecule has 2 aliphatic rings. The van der Waals surface area contributed by atoms with Crippen molar-refractivity contribution in [3.8, 4) is 0 Å². The second-order valence-electron chi connectivity index (χ2n) is 7.80. The van der Waals surface area contributed by atoms with Crippen LogP contribution < -0.4 is 10.2 Å². The summed E-state index contributed by atoms with van der Waals surface area (Å²) in [6.07, 6.45) is 4.88. The Labute approximate surface area is 156 Å². The van der Waals surface area contributed by atoms with Crippen LogP contribution in [0.5, 0.6) is 0 Å². The Balaban J connectivity index is 1.44. The van der Waals surface area contributed by atoms with E-state index in [2.05, 4.69) is 22.0 Å². The fourth-order valence-corrected chi connectivity index (χ4v) is 4.06. The molecule has 5 heteroatoms. The van der Waals surface area contributed by atoms with Gasteiger partial charge >= 0.3 is 0 Å². The number of piperazine rings is 1. The zero-order chi connectivity index (χ0) is 18.5. The van der Waals surface area contributed by atoms with E-state index in [1.165, 1.54) is 19.3 Å². The summed E-state index contributed by atoms with van der Waals surface area (Å²) in [6.45, 7) is 7.94. The fraction of sp³-hybridized carbons (Fsp3) is 0.619. The van der Waals surface area contributed by atoms with Crippen LogP contribution >= 0.6 is 0 Å². The fourth-order valence-electron chi connectivity index (χ4n) is 4.06. The monoisotopic (exact) mass is 357 g/mol. The molecule has 0 spiro atoms. The Morgan fingerprint density at radius 1 is 1.04 bits per heavy atom. The number of ketones is 1. The standard InChI is InChI=1S/C21H31N3O2/c1-16-5-3-4-6-20(16)22-21(26)15-23-11-13-24(14-12-23)19-9-7-18(8-10-19)17(2)25/h7-10,16,20H,3-6,11-15H2,1-2H3,(H,22,26). The van der Waals surface area contributed by atoms with E-state index in [0.717, 1.165) is 43.9 Å². The van der Waals surface area contributed by atoms with Crippen molar-refractivity contribution in [2.45, 2.75) is 45.6 Å². The van der Waals surface area contributed by atoms with Crippen LogP contribution in [0.25, 0.3) is 0 Å². The minimum Gasteiger partial charge on any atom is -0.369 e. The number of benzene rings is 1. The van der Waals surface area contributed by atoms with Gasteiger partial charge in [0.1, 0.15) is 0 Å². The second kappa shape index (κ2) is 8.67. The van der Waals surface area contributed by atoms with Crippen molar-refractivity contribution in [2.24, 2.45) is 5.92 Å². The van der Waals surface area contributed by atoms with E-state index in [-0.39, 0.29) is 11.7 Å². The summed E-state index contributed by atoms with van der Waals surface area (Å²) in [6, 6.07) is 8.18. The highest BCUT2D eigenvalue weighted by molar-refractivity contribution is 5.94. The summed E-state index contributed by atoms with van der Waals surface area (Å²) >= 11 is 0. The summed E-state index contributed by atoms with van der Waals surface area (Å²) in [5.74, 6) is 0.866. The lowest BCUT2D eigenvalue weighted by molar-refractivity contribution is -0.123. The molecule has 1 aliphatic carbocycles. The van der Waals surface area contributed by atoms with Crippen LogP contribution in [0.4, 0.5) is 5.69 Å². The lowest BCUT2D eigenvalue weighted by Gasteiger charge is -2.36. The summed E-state index contributed by atoms with van der Waals surface area (Å²) < 4.78 is 0. The van der Waals surface area contributed by atoms with Gasteiger partial charge in [0.2, 0.25) is 5.91 Å². The van der Waals surface area contributed by atoms with Crippen molar-refractivity contribution in [1.82, 2.24) is 10.2 Å². The van der Waals surface area contributed by atoms with Crippen LogP contribution in [-0.2, 0) is 4.79 Å². The Kier molecular flexibility index (Phi) is 6.30. The highest BCUT2D eigenvalue weighted by Crippen LogP contribution is 2.23. The van der Waals surface area contributed by atoms with Gasteiger partial charge in [-0.3, -0.25) is 14.5 Å². The molecular formula is C21H31N3O2. The van der Waals surface area contributed by atoms with Crippen LogP contribution in [0.2, 0.25) is 0 Å². The summed E-state index contributed by atoms with van der Waals surface area (Å²) in [5.41, 5.74) is 1.90. The van der Waals surface area contributed by atoms with Crippen LogP contribution in [0.1, 0.15) is 49.9 Å². The number of carbonyl (C=O) groups excluding carboxylic acids is 2. The van der Waals surface area contributed by atoms with Gasteiger partial charge in [0.25, 0.3) is 0 Å². The zero-order valence-corrected chi connectivity index (χ0v) is 16.0. The number of amides is 1. The SMILES string of the molecule is CC(=O)c1ccc(N2CCN(CC(=O)NC3CCCCC3C)CC2)cc1. The van der Waals surface area contributed by atoms with Gasteiger partial charge in [-0.15, -0.1) is 0 Å². The van der Waals surface area contributed by atoms with E-state index < -0.39 is 0 Å². The molecule has 0 radical (unpaired) electrons. The summed E-state index contributed by atoms with van der Waals surface area (Å²) in [5, 5.41) is 3.25. The molecule has 0 aromatic heterocycles. The summed E-state index contributed by atoms with van der Waals surface area (Å²) in [7, 11) is 0. The molecule has 1 aromatic rings. The first-order chi connectivity index (χ1) is 12.5. The Morgan fingerprint density at radius 2 is 1.69 bits per heavy atom. The molecule has 0 bridgehead atoms. The molecule has 1 saturated carbocycles. The van der Waals surface area contributed by atoms with E-state index in [0.29, 0.717) is 18.5 Å². The number of hydrogen-bond acceptors (Lipinski definition) is 4. The molecule has 1 aliphatic heterocycles. The third kappa shape index (κ3) is 4.85. The Hall–Kier alpha value is -1.88. The first-order valence-corrected chi connectivity index (χ1v) is 9.90. The molecule has 1 saturated heterocycles. The van der Waals surface area contributed by atoms with Gasteiger partial charge < -0.3 is 10.2 Å². The van der Waals surface area contributed by atoms with Crippen molar-refractivity contribution in [3.63, 3.8) is 0 Å². The van der Waals surface area contributed by atoms with E-state index >= 15 is 0 Å². The topological polar surface area (TPSA) is 52.7 Å². The highest BCUT2D eigenvalue weighted by atomic mass is 16.2. The smallest absolute Gasteiger partial charge is 0.234 e. The number of rotatable bonds is 5. The average molecular weight is 357 g/mol. The van der Waals surface area contributed by atoms with Gasteiger partial charge in [0.15, 0.2) is 5.78 Å². The molecule has 2 atom stereocenters. The molecule has 2 fully saturated rings. The van der Waals surface area contributed by atoms with Gasteiger partial charge in [-0.1, -0.05) is 19.8 Å². The van der Waals surface area contributed by atoms with Crippen LogP contribution in [-0.4, -0.2) is 55.4 Å². The van der Waals surface area contributed by atoms with Crippen molar-refractivity contribution in [3.05, 3.63) is 29.8 Å². The average Bonchev–Trinajstić information content (AvgIpc) is 2.64. The largest absolute Gasteiger partial charge is 0.369 e. The van der Waals surface area contributed by atoms with Gasteiger partial charge in [0, 0.05) is 43.5 Å². The molecule has 3 rings (SSSR count). The van der Waals surface area contributed by atoms with Crippen molar-refractivity contribution in [1.29, 1.82) is 0 Å². The molecule has 26 heavy (non-hydrogen) atoms. The van der Waals surface area contributed by atoms with Crippen LogP contribution in [0.3, 0.4) is 0 Å². The number of nitrogens with one attached hydrogen (secondary N) is 1. The third-order valence-electron chi connectivity index (χ3n) is 5.84. The minimum atomic E-state index is 0.0969. The van der Waals surface area contributed by atoms with Gasteiger partial charge in [-0.2, -0.15) is 0 Å². The maximum atomic E-state index is 12.4. The van der Waals surface area contributed by atoms with E-state index in [1.807, 2.05) is 24.3 Å². The van der Waals surface area contributed by atoms with E-state index in [4.69, 9.17) is 0 Å². The number of hydrogen-bond donors (Lipinski definition) is 1. The molecule has 1 aromatic carbocycles. The van der Waals surface area contributed by atoms with Crippen LogP contribution in [0, 0.1) is 5.92 Å². The van der Waals surface area contributed by atoms with Gasteiger partial charge in [0.05, 0.1) is 6.54 Å². The molecular weight excluding hydrogens is 326 g/mol. The predicted octanol–water partition coefficient (Wildman–Crippen LogP) is 2.71. The first-order valence-electron chi connectivity index (χ1n) is 9.90. The quantitative estimate of drug-likeness (QED) is 0.823. The third-order valence-corrected chi connectivity index (χ3v) is 5.84. The molecule has 1 N–H and O–H groups in total. The molecule has 1 heterocycles. The predicted molar refractivity (Wildman–Crippen MR) is 105 cm³/mol. The van der Waals surface area contributed by atoms with Gasteiger partial charge in [-0.25, -0.2) is 0 Å². The van der Waals surface area contributed by atoms with Gasteiger partial charge in [-0.05, 0) is 49.9 Å². The number of nitrogens with zero attached hydrogens (tertiary/aromatic N) is 2. The normalized spacial score (nSPS) is 24.3. The zero-order valence-electron chi connectivity index (χ0n) is 16.0. The number of anilines is 1. The lowest BCUT2D eigenvalue weighted by atomic mass is 9.86. The second-order valence-corrected chi connectivity index (χ2v) is 7.80. The van der Waals surface area contributed by atoms with E-state index in [1.54, 1.807) is 6.92 Å². The molecule has 1 amide bonds. The maximum absolute atomic E-state index is 12.4. The highest BCUT2D eigenvalue weighted by Gasteiger charge is 2.24. The minimum absolute atomic E-state index is 0.0969. The van der Waals surface area contributed by atoms with E-state index in [9.17, 15) is 9.59 Å². The number of carbonyl (C=O) groups is 2. The van der Waals surface area contributed by atoms with Crippen LogP contribution in [0.15, 0.2) is 24.3 Å². The lowest BCUT2D eigenvalue weighted by Crippen LogP contribution is -2.51.